The molecule has 1 fully saturated rings. The molecule has 0 unspecified atom stereocenters. The van der Waals surface area contributed by atoms with Crippen molar-refractivity contribution in [2.45, 2.75) is 12.8 Å². The van der Waals surface area contributed by atoms with Crippen LogP contribution in [-0.2, 0) is 6.42 Å². The van der Waals surface area contributed by atoms with Crippen LogP contribution in [0.4, 0.5) is 5.69 Å². The first kappa shape index (κ1) is 23.9. The third kappa shape index (κ3) is 5.37. The number of halogens is 1. The maximum atomic E-state index is 6.19. The number of anilines is 1. The van der Waals surface area contributed by atoms with Gasteiger partial charge in [-0.2, -0.15) is 0 Å². The van der Waals surface area contributed by atoms with Gasteiger partial charge in [-0.15, -0.1) is 0 Å². The minimum absolute atomic E-state index is 0.746. The van der Waals surface area contributed by atoms with Crippen molar-refractivity contribution in [2.24, 2.45) is 0 Å². The van der Waals surface area contributed by atoms with Crippen LogP contribution in [0, 0.1) is 0 Å². The van der Waals surface area contributed by atoms with Crippen LogP contribution in [0.2, 0.25) is 5.02 Å². The zero-order valence-corrected chi connectivity index (χ0v) is 21.7. The summed E-state index contributed by atoms with van der Waals surface area (Å²) in [7, 11) is 6.36. The molecule has 0 saturated carbocycles. The van der Waals surface area contributed by atoms with Crippen molar-refractivity contribution in [3.8, 4) is 22.4 Å². The van der Waals surface area contributed by atoms with E-state index in [4.69, 9.17) is 16.6 Å². The predicted octanol–water partition coefficient (Wildman–Crippen LogP) is 5.57. The van der Waals surface area contributed by atoms with Gasteiger partial charge in [0.25, 0.3) is 0 Å². The number of benzene rings is 2. The van der Waals surface area contributed by atoms with Crippen LogP contribution in [0.3, 0.4) is 0 Å². The Bertz CT molecular complexity index is 1280. The Morgan fingerprint density at radius 1 is 0.829 bits per heavy atom. The summed E-state index contributed by atoms with van der Waals surface area (Å²) in [5, 5.41) is 0.746. The smallest absolute Gasteiger partial charge is 0.137 e. The maximum Gasteiger partial charge on any atom is 0.137 e. The third-order valence-corrected chi connectivity index (χ3v) is 7.28. The SMILES string of the molecule is CN1CCCN(CCc2c(-c3ccc(Cl)cc3)nc3ccc(-c4ccc(N(C)C)cc4)cn23)CC1. The van der Waals surface area contributed by atoms with Crippen LogP contribution in [0.1, 0.15) is 12.1 Å². The van der Waals surface area contributed by atoms with Crippen molar-refractivity contribution < 1.29 is 0 Å². The van der Waals surface area contributed by atoms with E-state index in [-0.39, 0.29) is 0 Å². The topological polar surface area (TPSA) is 27.0 Å². The van der Waals surface area contributed by atoms with Gasteiger partial charge >= 0.3 is 0 Å². The fourth-order valence-corrected chi connectivity index (χ4v) is 5.01. The van der Waals surface area contributed by atoms with Gasteiger partial charge in [-0.05, 0) is 74.1 Å². The summed E-state index contributed by atoms with van der Waals surface area (Å²) < 4.78 is 2.29. The van der Waals surface area contributed by atoms with Crippen LogP contribution in [0.5, 0.6) is 0 Å². The van der Waals surface area contributed by atoms with Gasteiger partial charge < -0.3 is 19.1 Å². The number of hydrogen-bond acceptors (Lipinski definition) is 4. The van der Waals surface area contributed by atoms with Gasteiger partial charge in [0.15, 0.2) is 0 Å². The maximum absolute atomic E-state index is 6.19. The molecule has 0 N–H and O–H groups in total. The first-order valence-corrected chi connectivity index (χ1v) is 12.8. The summed E-state index contributed by atoms with van der Waals surface area (Å²) >= 11 is 6.19. The molecule has 4 aromatic rings. The van der Waals surface area contributed by atoms with Gasteiger partial charge in [0.1, 0.15) is 5.65 Å². The summed E-state index contributed by atoms with van der Waals surface area (Å²) in [6, 6.07) is 21.1. The van der Waals surface area contributed by atoms with Gasteiger partial charge in [0.2, 0.25) is 0 Å². The van der Waals surface area contributed by atoms with Gasteiger partial charge in [-0.3, -0.25) is 0 Å². The Kier molecular flexibility index (Phi) is 7.09. The van der Waals surface area contributed by atoms with Crippen LogP contribution in [0.25, 0.3) is 28.0 Å². The normalized spacial score (nSPS) is 15.4. The third-order valence-electron chi connectivity index (χ3n) is 7.03. The number of likely N-dealkylation sites (N-methyl/N-ethyl adjacent to an activating group) is 1. The molecule has 2 aromatic carbocycles. The summed E-state index contributed by atoms with van der Waals surface area (Å²) in [4.78, 5) is 12.2. The Morgan fingerprint density at radius 2 is 1.54 bits per heavy atom. The van der Waals surface area contributed by atoms with Crippen molar-refractivity contribution in [1.29, 1.82) is 0 Å². The molecule has 0 atom stereocenters. The molecule has 5 nitrogen and oxygen atoms in total. The minimum Gasteiger partial charge on any atom is -0.378 e. The molecule has 35 heavy (non-hydrogen) atoms. The molecule has 0 spiro atoms. The zero-order valence-electron chi connectivity index (χ0n) is 20.9. The fraction of sp³-hybridized carbons (Fsp3) is 0.345. The largest absolute Gasteiger partial charge is 0.378 e. The second-order valence-electron chi connectivity index (χ2n) is 9.75. The molecule has 182 valence electrons. The van der Waals surface area contributed by atoms with Gasteiger partial charge in [0.05, 0.1) is 11.4 Å². The summed E-state index contributed by atoms with van der Waals surface area (Å²) in [6.07, 6.45) is 4.42. The van der Waals surface area contributed by atoms with E-state index in [1.165, 1.54) is 35.5 Å². The lowest BCUT2D eigenvalue weighted by atomic mass is 10.1. The molecule has 1 saturated heterocycles. The summed E-state index contributed by atoms with van der Waals surface area (Å²) in [6.45, 7) is 5.61. The minimum atomic E-state index is 0.746. The Hall–Kier alpha value is -2.86. The molecule has 2 aromatic heterocycles. The summed E-state index contributed by atoms with van der Waals surface area (Å²) in [5.41, 5.74) is 8.00. The Morgan fingerprint density at radius 3 is 2.29 bits per heavy atom. The zero-order chi connectivity index (χ0) is 24.4. The molecule has 0 bridgehead atoms. The molecule has 1 aliphatic rings. The molecule has 3 heterocycles. The van der Waals surface area contributed by atoms with Crippen molar-refractivity contribution in [2.75, 3.05) is 58.8 Å². The number of hydrogen-bond donors (Lipinski definition) is 0. The lowest BCUT2D eigenvalue weighted by Crippen LogP contribution is -2.30. The number of nitrogens with zero attached hydrogens (tertiary/aromatic N) is 5. The number of aromatic nitrogens is 2. The predicted molar refractivity (Wildman–Crippen MR) is 148 cm³/mol. The lowest BCUT2D eigenvalue weighted by Gasteiger charge is -2.20. The highest BCUT2D eigenvalue weighted by Crippen LogP contribution is 2.29. The lowest BCUT2D eigenvalue weighted by molar-refractivity contribution is 0.278. The van der Waals surface area contributed by atoms with Crippen molar-refractivity contribution >= 4 is 22.9 Å². The molecule has 0 amide bonds. The average molecular weight is 488 g/mol. The van der Waals surface area contributed by atoms with E-state index < -0.39 is 0 Å². The highest BCUT2D eigenvalue weighted by molar-refractivity contribution is 6.30. The average Bonchev–Trinajstić information content (AvgIpc) is 3.09. The molecular weight excluding hydrogens is 454 g/mol. The Labute approximate surface area is 213 Å². The van der Waals surface area contributed by atoms with Crippen LogP contribution in [-0.4, -0.2) is 73.1 Å². The molecule has 6 heteroatoms. The van der Waals surface area contributed by atoms with E-state index in [2.05, 4.69) is 95.0 Å². The van der Waals surface area contributed by atoms with E-state index in [9.17, 15) is 0 Å². The highest BCUT2D eigenvalue weighted by atomic mass is 35.5. The van der Waals surface area contributed by atoms with Crippen LogP contribution >= 0.6 is 11.6 Å². The number of imidazole rings is 1. The van der Waals surface area contributed by atoms with E-state index in [0.717, 1.165) is 54.5 Å². The second-order valence-corrected chi connectivity index (χ2v) is 10.2. The monoisotopic (exact) mass is 487 g/mol. The van der Waals surface area contributed by atoms with Gasteiger partial charge in [-0.25, -0.2) is 4.98 Å². The molecule has 1 aliphatic heterocycles. The number of pyridine rings is 1. The van der Waals surface area contributed by atoms with Crippen molar-refractivity contribution in [3.05, 3.63) is 77.6 Å². The van der Waals surface area contributed by atoms with E-state index >= 15 is 0 Å². The standard InChI is InChI=1S/C29H34ClN5/c1-32(2)26-12-7-22(8-13-26)24-9-14-28-31-29(23-5-10-25(30)11-6-23)27(35(28)21-24)15-18-34-17-4-16-33(3)19-20-34/h5-14,21H,4,15-20H2,1-3H3. The first-order valence-electron chi connectivity index (χ1n) is 12.4. The van der Waals surface area contributed by atoms with E-state index in [1.54, 1.807) is 0 Å². The van der Waals surface area contributed by atoms with E-state index in [1.807, 2.05) is 12.1 Å². The summed E-state index contributed by atoms with van der Waals surface area (Å²) in [5.74, 6) is 0. The number of rotatable bonds is 6. The Balaban J connectivity index is 1.51. The van der Waals surface area contributed by atoms with E-state index in [0.29, 0.717) is 0 Å². The van der Waals surface area contributed by atoms with Crippen molar-refractivity contribution in [1.82, 2.24) is 19.2 Å². The molecule has 0 radical (unpaired) electrons. The highest BCUT2D eigenvalue weighted by Gasteiger charge is 2.18. The van der Waals surface area contributed by atoms with Gasteiger partial charge in [-0.1, -0.05) is 35.9 Å². The molecular formula is C29H34ClN5. The molecule has 0 aliphatic carbocycles. The van der Waals surface area contributed by atoms with Crippen LogP contribution in [0.15, 0.2) is 66.9 Å². The molecule has 5 rings (SSSR count). The van der Waals surface area contributed by atoms with Crippen LogP contribution < -0.4 is 4.90 Å². The van der Waals surface area contributed by atoms with Gasteiger partial charge in [0, 0.05) is 62.6 Å². The first-order chi connectivity index (χ1) is 17.0. The fourth-order valence-electron chi connectivity index (χ4n) is 4.88. The quantitative estimate of drug-likeness (QED) is 0.355. The van der Waals surface area contributed by atoms with Crippen molar-refractivity contribution in [3.63, 3.8) is 0 Å². The number of fused-ring (bicyclic) bond motifs is 1. The second kappa shape index (κ2) is 10.4.